The molecule has 1 saturated carbocycles. The molecule has 3 fully saturated rings. The number of hydrogen-bond acceptors (Lipinski definition) is 5. The lowest BCUT2D eigenvalue weighted by molar-refractivity contribution is 0.00820. The first-order chi connectivity index (χ1) is 13.7. The number of morpholine rings is 1. The van der Waals surface area contributed by atoms with Crippen LogP contribution in [0.2, 0.25) is 0 Å². The summed E-state index contributed by atoms with van der Waals surface area (Å²) in [5.41, 5.74) is 0.364. The fraction of sp³-hybridized carbons (Fsp3) is 0.952. The molecule has 0 atom stereocenters. The first-order valence-electron chi connectivity index (χ1n) is 11.1. The molecule has 2 heterocycles. The highest BCUT2D eigenvalue weighted by Crippen LogP contribution is 2.37. The molecule has 0 amide bonds. The Bertz CT molecular complexity index is 491. The topological polar surface area (TPSA) is 58.1 Å². The fourth-order valence-corrected chi connectivity index (χ4v) is 5.65. The Morgan fingerprint density at radius 1 is 0.931 bits per heavy atom. The van der Waals surface area contributed by atoms with Gasteiger partial charge >= 0.3 is 0 Å². The minimum absolute atomic E-state index is 0. The number of rotatable bonds is 7. The number of hydrogen-bond donors (Lipinski definition) is 2. The van der Waals surface area contributed by atoms with Crippen LogP contribution in [0, 0.1) is 5.41 Å². The van der Waals surface area contributed by atoms with E-state index in [4.69, 9.17) is 9.47 Å². The Balaban J connectivity index is 0.00000300. The largest absolute Gasteiger partial charge is 0.381 e. The van der Waals surface area contributed by atoms with Crippen LogP contribution in [0.4, 0.5) is 0 Å². The molecule has 0 bridgehead atoms. The van der Waals surface area contributed by atoms with E-state index in [1.54, 1.807) is 0 Å². The summed E-state index contributed by atoms with van der Waals surface area (Å²) in [6, 6.07) is 0. The van der Waals surface area contributed by atoms with Crippen molar-refractivity contribution in [3.63, 3.8) is 0 Å². The average molecular weight is 541 g/mol. The Morgan fingerprint density at radius 3 is 2.17 bits per heavy atom. The summed E-state index contributed by atoms with van der Waals surface area (Å²) < 4.78 is 11.4. The van der Waals surface area contributed by atoms with Crippen molar-refractivity contribution in [1.29, 1.82) is 0 Å². The third-order valence-corrected chi connectivity index (χ3v) is 8.27. The van der Waals surface area contributed by atoms with Gasteiger partial charge < -0.3 is 20.1 Å². The van der Waals surface area contributed by atoms with Crippen LogP contribution >= 0.6 is 35.7 Å². The fourth-order valence-electron chi connectivity index (χ4n) is 4.86. The van der Waals surface area contributed by atoms with Gasteiger partial charge in [-0.3, -0.25) is 9.89 Å². The summed E-state index contributed by atoms with van der Waals surface area (Å²) in [7, 11) is 1.89. The summed E-state index contributed by atoms with van der Waals surface area (Å²) in [5.74, 6) is 0.951. The Labute approximate surface area is 198 Å². The standard InChI is InChI=1S/C21H40N4O2S.HI/c1-22-19(24-17-21(28-2)8-12-26-13-9-21)23-16-20(6-4-3-5-7-20)18-25-10-14-27-15-11-25;/h3-18H2,1-2H3,(H2,22,23,24);1H. The second-order valence-corrected chi connectivity index (χ2v) is 10.0. The molecule has 3 aliphatic rings. The number of halogens is 1. The number of aliphatic imine (C=N–C) groups is 1. The van der Waals surface area contributed by atoms with Crippen molar-refractivity contribution in [2.45, 2.75) is 49.7 Å². The van der Waals surface area contributed by atoms with Gasteiger partial charge in [0.1, 0.15) is 0 Å². The second-order valence-electron chi connectivity index (χ2n) is 8.73. The SMILES string of the molecule is CN=C(NCC1(CN2CCOCC2)CCCCC1)NCC1(SC)CCOCC1.I. The maximum Gasteiger partial charge on any atom is 0.191 e. The van der Waals surface area contributed by atoms with E-state index >= 15 is 0 Å². The lowest BCUT2D eigenvalue weighted by atomic mass is 9.73. The molecular formula is C21H41IN4O2S. The van der Waals surface area contributed by atoms with E-state index in [1.165, 1.54) is 38.6 Å². The smallest absolute Gasteiger partial charge is 0.191 e. The van der Waals surface area contributed by atoms with Crippen LogP contribution in [0.1, 0.15) is 44.9 Å². The molecule has 2 N–H and O–H groups in total. The number of ether oxygens (including phenoxy) is 2. The van der Waals surface area contributed by atoms with Gasteiger partial charge in [-0.1, -0.05) is 19.3 Å². The molecule has 8 heteroatoms. The Kier molecular flexibility index (Phi) is 11.4. The zero-order chi connectivity index (χ0) is 19.7. The van der Waals surface area contributed by atoms with E-state index < -0.39 is 0 Å². The van der Waals surface area contributed by atoms with Crippen molar-refractivity contribution in [1.82, 2.24) is 15.5 Å². The van der Waals surface area contributed by atoms with Crippen molar-refractivity contribution in [3.8, 4) is 0 Å². The van der Waals surface area contributed by atoms with Crippen molar-refractivity contribution >= 4 is 41.7 Å². The highest BCUT2D eigenvalue weighted by molar-refractivity contribution is 14.0. The lowest BCUT2D eigenvalue weighted by Gasteiger charge is -2.42. The van der Waals surface area contributed by atoms with E-state index in [-0.39, 0.29) is 28.7 Å². The van der Waals surface area contributed by atoms with Gasteiger partial charge in [0, 0.05) is 63.1 Å². The van der Waals surface area contributed by atoms with E-state index in [9.17, 15) is 0 Å². The third kappa shape index (κ3) is 7.70. The van der Waals surface area contributed by atoms with E-state index in [0.717, 1.165) is 71.4 Å². The number of thioether (sulfide) groups is 1. The first-order valence-corrected chi connectivity index (χ1v) is 12.3. The summed E-state index contributed by atoms with van der Waals surface area (Å²) in [6.07, 6.45) is 11.2. The number of guanidine groups is 1. The van der Waals surface area contributed by atoms with Gasteiger partial charge in [-0.15, -0.1) is 24.0 Å². The molecule has 3 rings (SSSR count). The highest BCUT2D eigenvalue weighted by Gasteiger charge is 2.35. The van der Waals surface area contributed by atoms with Crippen LogP contribution in [0.5, 0.6) is 0 Å². The van der Waals surface area contributed by atoms with E-state index in [2.05, 4.69) is 26.8 Å². The number of nitrogens with zero attached hydrogens (tertiary/aromatic N) is 2. The molecule has 0 aromatic carbocycles. The summed E-state index contributed by atoms with van der Waals surface area (Å²) in [6.45, 7) is 8.81. The quantitative estimate of drug-likeness (QED) is 0.294. The monoisotopic (exact) mass is 540 g/mol. The predicted molar refractivity (Wildman–Crippen MR) is 134 cm³/mol. The normalized spacial score (nSPS) is 25.1. The molecule has 170 valence electrons. The highest BCUT2D eigenvalue weighted by atomic mass is 127. The van der Waals surface area contributed by atoms with Gasteiger partial charge in [-0.25, -0.2) is 0 Å². The van der Waals surface area contributed by atoms with Gasteiger partial charge in [0.15, 0.2) is 5.96 Å². The molecule has 0 unspecified atom stereocenters. The van der Waals surface area contributed by atoms with Crippen molar-refractivity contribution < 1.29 is 9.47 Å². The minimum Gasteiger partial charge on any atom is -0.381 e. The molecule has 1 aliphatic carbocycles. The molecule has 0 spiro atoms. The minimum atomic E-state index is 0. The Morgan fingerprint density at radius 2 is 1.55 bits per heavy atom. The molecule has 0 aromatic heterocycles. The zero-order valence-corrected chi connectivity index (χ0v) is 21.5. The maximum absolute atomic E-state index is 5.57. The maximum atomic E-state index is 5.57. The van der Waals surface area contributed by atoms with Gasteiger partial charge in [0.05, 0.1) is 13.2 Å². The zero-order valence-electron chi connectivity index (χ0n) is 18.3. The van der Waals surface area contributed by atoms with Crippen molar-refractivity contribution in [2.75, 3.05) is 72.5 Å². The van der Waals surface area contributed by atoms with Crippen LogP contribution in [-0.2, 0) is 9.47 Å². The molecular weight excluding hydrogens is 499 g/mol. The number of nitrogens with one attached hydrogen (secondary N) is 2. The van der Waals surface area contributed by atoms with E-state index in [0.29, 0.717) is 5.41 Å². The van der Waals surface area contributed by atoms with Crippen LogP contribution in [0.25, 0.3) is 0 Å². The predicted octanol–water partition coefficient (Wildman–Crippen LogP) is 2.96. The van der Waals surface area contributed by atoms with Crippen LogP contribution < -0.4 is 10.6 Å². The molecule has 6 nitrogen and oxygen atoms in total. The lowest BCUT2D eigenvalue weighted by Crippen LogP contribution is -2.53. The molecule has 2 saturated heterocycles. The van der Waals surface area contributed by atoms with Crippen molar-refractivity contribution in [3.05, 3.63) is 0 Å². The third-order valence-electron chi connectivity index (χ3n) is 6.85. The molecule has 29 heavy (non-hydrogen) atoms. The molecule has 0 radical (unpaired) electrons. The Hall–Kier alpha value is 0.230. The van der Waals surface area contributed by atoms with Crippen LogP contribution in [0.15, 0.2) is 4.99 Å². The second kappa shape index (κ2) is 12.9. The van der Waals surface area contributed by atoms with Gasteiger partial charge in [0.2, 0.25) is 0 Å². The van der Waals surface area contributed by atoms with Gasteiger partial charge in [0.25, 0.3) is 0 Å². The first kappa shape index (κ1) is 25.5. The average Bonchev–Trinajstić information content (AvgIpc) is 2.76. The van der Waals surface area contributed by atoms with Crippen LogP contribution in [0.3, 0.4) is 0 Å². The summed E-state index contributed by atoms with van der Waals surface area (Å²) in [5, 5.41) is 7.31. The van der Waals surface area contributed by atoms with Gasteiger partial charge in [-0.05, 0) is 31.9 Å². The van der Waals surface area contributed by atoms with Gasteiger partial charge in [-0.2, -0.15) is 11.8 Å². The van der Waals surface area contributed by atoms with Crippen molar-refractivity contribution in [2.24, 2.45) is 10.4 Å². The molecule has 2 aliphatic heterocycles. The molecule has 0 aromatic rings. The summed E-state index contributed by atoms with van der Waals surface area (Å²) in [4.78, 5) is 7.13. The summed E-state index contributed by atoms with van der Waals surface area (Å²) >= 11 is 1.97. The van der Waals surface area contributed by atoms with E-state index in [1.807, 2.05) is 18.8 Å². The van der Waals surface area contributed by atoms with Crippen LogP contribution in [-0.4, -0.2) is 88.1 Å².